The Labute approximate surface area is 83.9 Å². The first-order valence-corrected chi connectivity index (χ1v) is 4.85. The van der Waals surface area contributed by atoms with Crippen LogP contribution >= 0.6 is 0 Å². The molecule has 1 aromatic rings. The van der Waals surface area contributed by atoms with Crippen LogP contribution in [0.25, 0.3) is 0 Å². The van der Waals surface area contributed by atoms with Crippen molar-refractivity contribution in [3.05, 3.63) is 11.6 Å². The summed E-state index contributed by atoms with van der Waals surface area (Å²) in [5.74, 6) is 1.62. The molecule has 0 aliphatic rings. The Hall–Kier alpha value is -0.940. The quantitative estimate of drug-likeness (QED) is 0.740. The predicted octanol–water partition coefficient (Wildman–Crippen LogP) is 0.550. The minimum atomic E-state index is -0.233. The van der Waals surface area contributed by atoms with Gasteiger partial charge in [-0.05, 0) is 27.2 Å². The number of aryl methyl sites for hydroxylation is 1. The van der Waals surface area contributed by atoms with E-state index in [1.165, 1.54) is 0 Å². The van der Waals surface area contributed by atoms with Crippen molar-refractivity contribution >= 4 is 0 Å². The summed E-state index contributed by atoms with van der Waals surface area (Å²) >= 11 is 0. The molecule has 0 aromatic carbocycles. The van der Waals surface area contributed by atoms with Crippen LogP contribution in [0.2, 0.25) is 0 Å². The molecule has 1 rings (SSSR count). The summed E-state index contributed by atoms with van der Waals surface area (Å²) in [4.78, 5) is 0. The number of aliphatic hydroxyl groups is 1. The van der Waals surface area contributed by atoms with Crippen LogP contribution in [-0.4, -0.2) is 26.5 Å². The van der Waals surface area contributed by atoms with Gasteiger partial charge in [0.25, 0.3) is 0 Å². The van der Waals surface area contributed by atoms with Gasteiger partial charge in [-0.1, -0.05) is 0 Å². The molecule has 1 heterocycles. The fourth-order valence-corrected chi connectivity index (χ4v) is 1.54. The molecule has 1 atom stereocenters. The van der Waals surface area contributed by atoms with Gasteiger partial charge in [-0.2, -0.15) is 0 Å². The van der Waals surface area contributed by atoms with Crippen LogP contribution in [0, 0.1) is 6.92 Å². The van der Waals surface area contributed by atoms with Crippen LogP contribution in [0.1, 0.15) is 44.0 Å². The normalized spacial score (nSPS) is 13.6. The van der Waals surface area contributed by atoms with Gasteiger partial charge in [0, 0.05) is 12.6 Å². The van der Waals surface area contributed by atoms with E-state index in [1.807, 2.05) is 11.5 Å². The third-order valence-electron chi connectivity index (χ3n) is 2.18. The fraction of sp³-hybridized carbons (Fsp3) is 0.778. The highest BCUT2D eigenvalue weighted by molar-refractivity contribution is 5.00. The van der Waals surface area contributed by atoms with Crippen LogP contribution in [0.15, 0.2) is 0 Å². The van der Waals surface area contributed by atoms with Gasteiger partial charge in [-0.25, -0.2) is 0 Å². The van der Waals surface area contributed by atoms with E-state index >= 15 is 0 Å². The maximum absolute atomic E-state index is 8.80. The molecule has 0 aliphatic carbocycles. The van der Waals surface area contributed by atoms with Crippen molar-refractivity contribution in [2.45, 2.75) is 39.3 Å². The molecule has 80 valence electrons. The molecular weight excluding hydrogens is 180 g/mol. The summed E-state index contributed by atoms with van der Waals surface area (Å²) in [6.07, 6.45) is 0.519. The third kappa shape index (κ3) is 2.10. The first kappa shape index (κ1) is 11.1. The Bertz CT molecular complexity index is 295. The lowest BCUT2D eigenvalue weighted by molar-refractivity contribution is 0.272. The van der Waals surface area contributed by atoms with E-state index in [9.17, 15) is 0 Å². The van der Waals surface area contributed by atoms with Gasteiger partial charge in [0.15, 0.2) is 0 Å². The Morgan fingerprint density at radius 2 is 2.07 bits per heavy atom. The Morgan fingerprint density at radius 3 is 2.57 bits per heavy atom. The fourth-order valence-electron chi connectivity index (χ4n) is 1.54. The number of rotatable bonds is 4. The molecular formula is C9H18N4O. The molecule has 0 saturated heterocycles. The first-order chi connectivity index (χ1) is 6.57. The van der Waals surface area contributed by atoms with E-state index in [1.54, 1.807) is 0 Å². The number of aromatic nitrogens is 3. The van der Waals surface area contributed by atoms with Gasteiger partial charge >= 0.3 is 0 Å². The van der Waals surface area contributed by atoms with Crippen molar-refractivity contribution in [1.82, 2.24) is 14.8 Å². The molecule has 0 spiro atoms. The zero-order valence-corrected chi connectivity index (χ0v) is 8.94. The van der Waals surface area contributed by atoms with Gasteiger partial charge in [0.2, 0.25) is 0 Å². The molecule has 5 heteroatoms. The average Bonchev–Trinajstić information content (AvgIpc) is 2.47. The Morgan fingerprint density at radius 1 is 1.43 bits per heavy atom. The standard InChI is InChI=1S/C9H18N4O/c1-6(2)13-7(3)11-12-9(13)8(10)4-5-14/h6,8,14H,4-5,10H2,1-3H3. The lowest BCUT2D eigenvalue weighted by Gasteiger charge is -2.15. The minimum Gasteiger partial charge on any atom is -0.396 e. The summed E-state index contributed by atoms with van der Waals surface area (Å²) in [6, 6.07) is 0.0633. The molecule has 0 bridgehead atoms. The molecule has 0 amide bonds. The van der Waals surface area contributed by atoms with Gasteiger partial charge < -0.3 is 15.4 Å². The van der Waals surface area contributed by atoms with E-state index in [2.05, 4.69) is 24.0 Å². The van der Waals surface area contributed by atoms with Crippen molar-refractivity contribution in [2.24, 2.45) is 5.73 Å². The Balaban J connectivity index is 2.96. The summed E-state index contributed by atoms with van der Waals surface area (Å²) < 4.78 is 2.00. The van der Waals surface area contributed by atoms with Crippen LogP contribution < -0.4 is 5.73 Å². The monoisotopic (exact) mass is 198 g/mol. The van der Waals surface area contributed by atoms with Crippen LogP contribution in [0.5, 0.6) is 0 Å². The summed E-state index contributed by atoms with van der Waals surface area (Å²) in [5.41, 5.74) is 5.87. The van der Waals surface area contributed by atoms with Crippen LogP contribution in [0.3, 0.4) is 0 Å². The molecule has 0 aliphatic heterocycles. The number of aliphatic hydroxyl groups excluding tert-OH is 1. The van der Waals surface area contributed by atoms with Crippen molar-refractivity contribution in [1.29, 1.82) is 0 Å². The highest BCUT2D eigenvalue weighted by atomic mass is 16.3. The minimum absolute atomic E-state index is 0.0746. The second kappa shape index (κ2) is 4.52. The van der Waals surface area contributed by atoms with E-state index in [-0.39, 0.29) is 12.6 Å². The summed E-state index contributed by atoms with van der Waals surface area (Å²) in [6.45, 7) is 6.10. The van der Waals surface area contributed by atoms with E-state index in [0.29, 0.717) is 12.5 Å². The van der Waals surface area contributed by atoms with E-state index < -0.39 is 0 Å². The largest absolute Gasteiger partial charge is 0.396 e. The topological polar surface area (TPSA) is 77.0 Å². The van der Waals surface area contributed by atoms with E-state index in [4.69, 9.17) is 10.8 Å². The van der Waals surface area contributed by atoms with Crippen LogP contribution in [-0.2, 0) is 0 Å². The second-order valence-electron chi connectivity index (χ2n) is 3.69. The zero-order valence-electron chi connectivity index (χ0n) is 8.94. The van der Waals surface area contributed by atoms with Crippen molar-refractivity contribution in [2.75, 3.05) is 6.61 Å². The maximum atomic E-state index is 8.80. The molecule has 3 N–H and O–H groups in total. The molecule has 0 radical (unpaired) electrons. The van der Waals surface area contributed by atoms with E-state index in [0.717, 1.165) is 11.6 Å². The van der Waals surface area contributed by atoms with Gasteiger partial charge in [0.1, 0.15) is 11.6 Å². The second-order valence-corrected chi connectivity index (χ2v) is 3.69. The molecule has 5 nitrogen and oxygen atoms in total. The molecule has 1 unspecified atom stereocenters. The first-order valence-electron chi connectivity index (χ1n) is 4.85. The lowest BCUT2D eigenvalue weighted by Crippen LogP contribution is -2.19. The average molecular weight is 198 g/mol. The summed E-state index contributed by atoms with van der Waals surface area (Å²) in [5, 5.41) is 16.8. The zero-order chi connectivity index (χ0) is 10.7. The molecule has 0 fully saturated rings. The number of hydrogen-bond donors (Lipinski definition) is 2. The van der Waals surface area contributed by atoms with Crippen molar-refractivity contribution < 1.29 is 5.11 Å². The maximum Gasteiger partial charge on any atom is 0.150 e. The SMILES string of the molecule is Cc1nnc(C(N)CCO)n1C(C)C. The number of hydrogen-bond acceptors (Lipinski definition) is 4. The van der Waals surface area contributed by atoms with Crippen LogP contribution in [0.4, 0.5) is 0 Å². The smallest absolute Gasteiger partial charge is 0.150 e. The number of nitrogens with two attached hydrogens (primary N) is 1. The molecule has 14 heavy (non-hydrogen) atoms. The highest BCUT2D eigenvalue weighted by Gasteiger charge is 2.17. The summed E-state index contributed by atoms with van der Waals surface area (Å²) in [7, 11) is 0. The van der Waals surface area contributed by atoms with Gasteiger partial charge in [-0.15, -0.1) is 10.2 Å². The highest BCUT2D eigenvalue weighted by Crippen LogP contribution is 2.17. The number of nitrogens with zero attached hydrogens (tertiary/aromatic N) is 3. The van der Waals surface area contributed by atoms with Crippen molar-refractivity contribution in [3.8, 4) is 0 Å². The van der Waals surface area contributed by atoms with Gasteiger partial charge in [0.05, 0.1) is 6.04 Å². The molecule has 1 aromatic heterocycles. The lowest BCUT2D eigenvalue weighted by atomic mass is 10.2. The predicted molar refractivity (Wildman–Crippen MR) is 53.8 cm³/mol. The Kier molecular flexibility index (Phi) is 3.60. The molecule has 0 saturated carbocycles. The van der Waals surface area contributed by atoms with Gasteiger partial charge in [-0.3, -0.25) is 0 Å². The third-order valence-corrected chi connectivity index (χ3v) is 2.18. The van der Waals surface area contributed by atoms with Crippen molar-refractivity contribution in [3.63, 3.8) is 0 Å².